The molecule has 2 saturated heterocycles. The first-order chi connectivity index (χ1) is 28.9. The molecule has 0 spiro atoms. The van der Waals surface area contributed by atoms with Gasteiger partial charge >= 0.3 is 0 Å². The summed E-state index contributed by atoms with van der Waals surface area (Å²) >= 11 is 0. The fourth-order valence-corrected chi connectivity index (χ4v) is 10.2. The van der Waals surface area contributed by atoms with Crippen LogP contribution in [-0.2, 0) is 9.59 Å². The summed E-state index contributed by atoms with van der Waals surface area (Å²) in [6.07, 6.45) is 7.63. The van der Waals surface area contributed by atoms with Gasteiger partial charge in [0.05, 0.1) is 17.2 Å². The predicted molar refractivity (Wildman–Crippen MR) is 230 cm³/mol. The zero-order valence-corrected chi connectivity index (χ0v) is 36.7. The molecule has 3 aromatic rings. The van der Waals surface area contributed by atoms with Crippen molar-refractivity contribution in [3.8, 4) is 17.6 Å². The summed E-state index contributed by atoms with van der Waals surface area (Å²) in [6, 6.07) is 13.0. The molecule has 2 aromatic carbocycles. The number of aromatic nitrogens is 2. The van der Waals surface area contributed by atoms with Crippen LogP contribution in [0.3, 0.4) is 0 Å². The number of piperidine rings is 2. The number of amides is 4. The van der Waals surface area contributed by atoms with E-state index in [2.05, 4.69) is 83.3 Å². The number of rotatable bonds is 13. The Morgan fingerprint density at radius 3 is 2.08 bits per heavy atom. The van der Waals surface area contributed by atoms with Crippen LogP contribution in [-0.4, -0.2) is 94.5 Å². The Morgan fingerprint density at radius 1 is 0.902 bits per heavy atom. The van der Waals surface area contributed by atoms with Gasteiger partial charge < -0.3 is 25.0 Å². The smallest absolute Gasteiger partial charge is 0.254 e. The fraction of sp³-hybridized carbons (Fsp3) is 0.553. The molecule has 2 aliphatic heterocycles. The molecule has 1 atom stereocenters. The van der Waals surface area contributed by atoms with Crippen molar-refractivity contribution in [2.75, 3.05) is 24.5 Å². The van der Waals surface area contributed by atoms with Gasteiger partial charge in [0.1, 0.15) is 29.7 Å². The van der Waals surface area contributed by atoms with Crippen LogP contribution >= 0.6 is 0 Å². The van der Waals surface area contributed by atoms with E-state index in [9.17, 15) is 24.4 Å². The van der Waals surface area contributed by atoms with Gasteiger partial charge in [-0.3, -0.25) is 29.4 Å². The van der Waals surface area contributed by atoms with Gasteiger partial charge in [-0.1, -0.05) is 27.7 Å². The lowest BCUT2D eigenvalue weighted by Crippen LogP contribution is -2.74. The first-order valence-corrected chi connectivity index (χ1v) is 21.7. The van der Waals surface area contributed by atoms with Crippen LogP contribution in [0.5, 0.6) is 11.5 Å². The van der Waals surface area contributed by atoms with Crippen LogP contribution in [0.4, 0.5) is 5.95 Å². The number of nitrogens with zero attached hydrogens (tertiary/aromatic N) is 5. The highest BCUT2D eigenvalue weighted by molar-refractivity contribution is 6.03. The van der Waals surface area contributed by atoms with Crippen LogP contribution in [0.1, 0.15) is 117 Å². The van der Waals surface area contributed by atoms with Crippen LogP contribution in [0.2, 0.25) is 0 Å². The quantitative estimate of drug-likeness (QED) is 0.181. The van der Waals surface area contributed by atoms with Crippen molar-refractivity contribution in [3.63, 3.8) is 0 Å². The Labute approximate surface area is 359 Å². The van der Waals surface area contributed by atoms with Crippen molar-refractivity contribution in [1.82, 2.24) is 30.8 Å². The number of carbonyl (C=O) groups is 4. The number of nitriles is 1. The molecule has 4 fully saturated rings. The summed E-state index contributed by atoms with van der Waals surface area (Å²) < 4.78 is 12.8. The molecule has 2 saturated carbocycles. The van der Waals surface area contributed by atoms with Crippen LogP contribution in [0.25, 0.3) is 0 Å². The maximum absolute atomic E-state index is 13.5. The molecule has 3 heterocycles. The normalized spacial score (nSPS) is 24.5. The minimum Gasteiger partial charge on any atom is -0.490 e. The third kappa shape index (κ3) is 9.22. The summed E-state index contributed by atoms with van der Waals surface area (Å²) in [4.78, 5) is 63.7. The summed E-state index contributed by atoms with van der Waals surface area (Å²) in [5.41, 5.74) is 2.60. The van der Waals surface area contributed by atoms with Gasteiger partial charge in [-0.15, -0.1) is 0 Å². The Bertz CT molecular complexity index is 2130. The number of hydrogen-bond acceptors (Lipinski definition) is 11. The number of carbonyl (C=O) groups excluding carboxylic acids is 4. The van der Waals surface area contributed by atoms with E-state index in [-0.39, 0.29) is 53.2 Å². The topological polar surface area (TPSA) is 179 Å². The van der Waals surface area contributed by atoms with E-state index in [1.54, 1.807) is 36.7 Å². The van der Waals surface area contributed by atoms with E-state index >= 15 is 0 Å². The zero-order chi connectivity index (χ0) is 43.8. The molecule has 1 unspecified atom stereocenters. The molecular weight excluding hydrogens is 773 g/mol. The molecule has 3 N–H and O–H groups in total. The third-order valence-electron chi connectivity index (χ3n) is 13.4. The van der Waals surface area contributed by atoms with Gasteiger partial charge in [-0.25, -0.2) is 9.97 Å². The summed E-state index contributed by atoms with van der Waals surface area (Å²) in [7, 11) is 0. The summed E-state index contributed by atoms with van der Waals surface area (Å²) in [6.45, 7) is 19.5. The van der Waals surface area contributed by atoms with E-state index in [0.29, 0.717) is 52.8 Å². The fourth-order valence-electron chi connectivity index (χ4n) is 10.2. The first-order valence-electron chi connectivity index (χ1n) is 21.7. The number of ether oxygens (including phenoxy) is 2. The number of benzene rings is 2. The van der Waals surface area contributed by atoms with Gasteiger partial charge in [0, 0.05) is 85.8 Å². The highest BCUT2D eigenvalue weighted by Gasteiger charge is 2.64. The second kappa shape index (κ2) is 17.4. The second-order valence-corrected chi connectivity index (χ2v) is 19.0. The lowest BCUT2D eigenvalue weighted by atomic mass is 9.49. The van der Waals surface area contributed by atoms with Crippen molar-refractivity contribution >= 4 is 29.6 Å². The molecular formula is C47H60N8O6. The molecule has 0 bridgehead atoms. The molecule has 4 amide bonds. The van der Waals surface area contributed by atoms with Gasteiger partial charge in [-0.05, 0) is 100 Å². The third-order valence-corrected chi connectivity index (χ3v) is 13.4. The lowest BCUT2D eigenvalue weighted by Gasteiger charge is -2.63. The minimum absolute atomic E-state index is 0.102. The standard InChI is InChI=1S/C47H60N8O6/c1-27(2)55(33-21-36(22-33)60-34-11-9-31(10-12-34)40(57)51-38-13-14-39(56)52-42(38)59)26-30-15-17-54(18-16-30)45-49-24-32(25-50-45)41(58)53-43-46(5,6)44(47(43,7)8)61-35-19-28(3)37(23-48)29(4)20-35/h9-12,19-20,24-25,27,30,33,36,38,43-44H,13-18,21-22,26H2,1-8H3,(H,51,57)(H,53,58)(H,52,56,59)/t33-,36-,38?,43-,44-. The molecule has 7 rings (SSSR count). The van der Waals surface area contributed by atoms with E-state index in [0.717, 1.165) is 62.2 Å². The minimum atomic E-state index is -0.717. The van der Waals surface area contributed by atoms with Crippen molar-refractivity contribution < 1.29 is 28.7 Å². The predicted octanol–water partition coefficient (Wildman–Crippen LogP) is 5.65. The number of hydrogen-bond donors (Lipinski definition) is 3. The molecule has 4 aliphatic rings. The number of imide groups is 1. The SMILES string of the molecule is Cc1cc(O[C@H]2C(C)(C)[C@H](NC(=O)c3cnc(N4CCC(CN(C(C)C)[C@H]5C[C@H](Oc6ccc(C(=O)NC7CCC(=O)NC7=O)cc6)C5)CC4)nc3)C2(C)C)cc(C)c1C#N. The van der Waals surface area contributed by atoms with Gasteiger partial charge in [0.2, 0.25) is 17.8 Å². The largest absolute Gasteiger partial charge is 0.490 e. The maximum atomic E-state index is 13.5. The van der Waals surface area contributed by atoms with Gasteiger partial charge in [0.15, 0.2) is 0 Å². The molecule has 1 aromatic heterocycles. The Kier molecular flexibility index (Phi) is 12.4. The monoisotopic (exact) mass is 832 g/mol. The molecule has 61 heavy (non-hydrogen) atoms. The Balaban J connectivity index is 0.845. The number of aryl methyl sites for hydroxylation is 2. The van der Waals surface area contributed by atoms with Crippen molar-refractivity contribution in [2.24, 2.45) is 16.7 Å². The van der Waals surface area contributed by atoms with Crippen LogP contribution in [0, 0.1) is 41.9 Å². The Morgan fingerprint density at radius 2 is 1.51 bits per heavy atom. The van der Waals surface area contributed by atoms with Crippen LogP contribution < -0.4 is 30.3 Å². The van der Waals surface area contributed by atoms with Crippen molar-refractivity contribution in [2.45, 2.75) is 130 Å². The number of anilines is 1. The highest BCUT2D eigenvalue weighted by Crippen LogP contribution is 2.55. The number of nitrogens with one attached hydrogen (secondary N) is 3. The average Bonchev–Trinajstić information content (AvgIpc) is 3.20. The summed E-state index contributed by atoms with van der Waals surface area (Å²) in [5.74, 6) is 1.27. The second-order valence-electron chi connectivity index (χ2n) is 19.0. The van der Waals surface area contributed by atoms with E-state index in [4.69, 9.17) is 9.47 Å². The van der Waals surface area contributed by atoms with E-state index in [1.807, 2.05) is 26.0 Å². The Hall–Kier alpha value is -5.55. The lowest BCUT2D eigenvalue weighted by molar-refractivity contribution is -0.164. The highest BCUT2D eigenvalue weighted by atomic mass is 16.5. The molecule has 14 nitrogen and oxygen atoms in total. The molecule has 324 valence electrons. The van der Waals surface area contributed by atoms with Crippen molar-refractivity contribution in [1.29, 1.82) is 5.26 Å². The van der Waals surface area contributed by atoms with E-state index < -0.39 is 11.9 Å². The van der Waals surface area contributed by atoms with Gasteiger partial charge in [0.25, 0.3) is 11.8 Å². The zero-order valence-electron chi connectivity index (χ0n) is 36.7. The average molecular weight is 833 g/mol. The maximum Gasteiger partial charge on any atom is 0.254 e. The van der Waals surface area contributed by atoms with Crippen LogP contribution in [0.15, 0.2) is 48.8 Å². The summed E-state index contributed by atoms with van der Waals surface area (Å²) in [5, 5.41) is 17.7. The first kappa shape index (κ1) is 43.5. The van der Waals surface area contributed by atoms with Crippen molar-refractivity contribution in [3.05, 3.63) is 76.6 Å². The molecule has 0 radical (unpaired) electrons. The van der Waals surface area contributed by atoms with Gasteiger partial charge in [-0.2, -0.15) is 5.26 Å². The molecule has 14 heteroatoms. The van der Waals surface area contributed by atoms with E-state index in [1.165, 1.54) is 0 Å². The molecule has 2 aliphatic carbocycles.